The summed E-state index contributed by atoms with van der Waals surface area (Å²) in [6, 6.07) is 7.14. The van der Waals surface area contributed by atoms with E-state index in [1.54, 1.807) is 32.9 Å². The molecule has 0 amide bonds. The second kappa shape index (κ2) is 7.29. The van der Waals surface area contributed by atoms with Crippen molar-refractivity contribution in [2.45, 2.75) is 26.4 Å². The smallest absolute Gasteiger partial charge is 0.350 e. The van der Waals surface area contributed by atoms with Crippen LogP contribution in [0.4, 0.5) is 5.13 Å². The largest absolute Gasteiger partial charge is 0.462 e. The number of benzene rings is 1. The number of nitrogens with one attached hydrogen (secondary N) is 1. The molecular formula is C16H19ClN2O3S. The Hall–Kier alpha value is -1.63. The van der Waals surface area contributed by atoms with Gasteiger partial charge in [0, 0.05) is 17.1 Å². The fourth-order valence-electron chi connectivity index (χ4n) is 2.10. The zero-order chi connectivity index (χ0) is 17.0. The summed E-state index contributed by atoms with van der Waals surface area (Å²) in [5.74, 6) is -0.381. The first-order valence-corrected chi connectivity index (χ1v) is 8.40. The van der Waals surface area contributed by atoms with Crippen molar-refractivity contribution in [3.63, 3.8) is 0 Å². The molecule has 2 aromatic rings. The molecule has 0 radical (unpaired) electrons. The Morgan fingerprint density at radius 2 is 2.17 bits per heavy atom. The molecule has 1 unspecified atom stereocenters. The maximum absolute atomic E-state index is 11.8. The third-order valence-electron chi connectivity index (χ3n) is 3.30. The fraction of sp³-hybridized carbons (Fsp3) is 0.375. The van der Waals surface area contributed by atoms with Crippen molar-refractivity contribution in [2.24, 2.45) is 0 Å². The molecular weight excluding hydrogens is 336 g/mol. The Morgan fingerprint density at radius 3 is 2.83 bits per heavy atom. The van der Waals surface area contributed by atoms with E-state index in [0.29, 0.717) is 32.9 Å². The van der Waals surface area contributed by atoms with E-state index in [1.807, 2.05) is 12.1 Å². The second-order valence-electron chi connectivity index (χ2n) is 5.26. The van der Waals surface area contributed by atoms with E-state index in [-0.39, 0.29) is 12.5 Å². The average Bonchev–Trinajstić information content (AvgIpc) is 2.87. The zero-order valence-corrected chi connectivity index (χ0v) is 14.8. The molecule has 1 atom stereocenters. The van der Waals surface area contributed by atoms with Gasteiger partial charge in [0.1, 0.15) is 10.5 Å². The average molecular weight is 355 g/mol. The summed E-state index contributed by atoms with van der Waals surface area (Å²) in [4.78, 5) is 16.6. The molecule has 1 aromatic carbocycles. The number of hydrogen-bond donors (Lipinski definition) is 2. The number of carbonyl (C=O) groups is 1. The summed E-state index contributed by atoms with van der Waals surface area (Å²) in [6.45, 7) is 5.72. The monoisotopic (exact) mass is 354 g/mol. The number of halogens is 1. The van der Waals surface area contributed by atoms with Crippen LogP contribution in [0.5, 0.6) is 0 Å². The number of nitrogens with zero attached hydrogens (tertiary/aromatic N) is 1. The second-order valence-corrected chi connectivity index (χ2v) is 6.67. The Kier molecular flexibility index (Phi) is 5.62. The van der Waals surface area contributed by atoms with Crippen LogP contribution in [-0.4, -0.2) is 29.2 Å². The van der Waals surface area contributed by atoms with Crippen LogP contribution in [0.15, 0.2) is 24.3 Å². The molecule has 0 fully saturated rings. The lowest BCUT2D eigenvalue weighted by Crippen LogP contribution is -2.31. The number of carbonyl (C=O) groups excluding carboxylic acids is 1. The summed E-state index contributed by atoms with van der Waals surface area (Å²) >= 11 is 7.34. The van der Waals surface area contributed by atoms with Gasteiger partial charge in [-0.1, -0.05) is 41.1 Å². The number of hydrogen-bond acceptors (Lipinski definition) is 6. The van der Waals surface area contributed by atoms with Gasteiger partial charge in [0.05, 0.1) is 12.3 Å². The number of anilines is 1. The van der Waals surface area contributed by atoms with E-state index in [2.05, 4.69) is 10.3 Å². The molecule has 2 N–H and O–H groups in total. The number of aryl methyl sites for hydroxylation is 1. The van der Waals surface area contributed by atoms with Gasteiger partial charge in [0.25, 0.3) is 0 Å². The van der Waals surface area contributed by atoms with Gasteiger partial charge in [-0.25, -0.2) is 9.78 Å². The van der Waals surface area contributed by atoms with Crippen molar-refractivity contribution in [1.82, 2.24) is 4.98 Å². The van der Waals surface area contributed by atoms with E-state index >= 15 is 0 Å². The van der Waals surface area contributed by atoms with Crippen LogP contribution in [0.1, 0.15) is 34.8 Å². The zero-order valence-electron chi connectivity index (χ0n) is 13.2. The van der Waals surface area contributed by atoms with Crippen molar-refractivity contribution < 1.29 is 14.6 Å². The molecule has 23 heavy (non-hydrogen) atoms. The number of aromatic nitrogens is 1. The van der Waals surface area contributed by atoms with Gasteiger partial charge in [-0.15, -0.1) is 0 Å². The lowest BCUT2D eigenvalue weighted by atomic mass is 9.96. The molecule has 124 valence electrons. The molecule has 0 aliphatic heterocycles. The van der Waals surface area contributed by atoms with Gasteiger partial charge in [-0.2, -0.15) is 0 Å². The van der Waals surface area contributed by atoms with Gasteiger partial charge >= 0.3 is 5.97 Å². The first-order valence-electron chi connectivity index (χ1n) is 7.21. The molecule has 1 aromatic heterocycles. The van der Waals surface area contributed by atoms with Crippen LogP contribution >= 0.6 is 22.9 Å². The normalized spacial score (nSPS) is 13.4. The lowest BCUT2D eigenvalue weighted by molar-refractivity contribution is 0.0531. The van der Waals surface area contributed by atoms with Crippen LogP contribution in [0.25, 0.3) is 0 Å². The van der Waals surface area contributed by atoms with E-state index in [4.69, 9.17) is 16.3 Å². The van der Waals surface area contributed by atoms with E-state index in [9.17, 15) is 9.90 Å². The minimum atomic E-state index is -1.16. The van der Waals surface area contributed by atoms with Crippen LogP contribution in [-0.2, 0) is 10.3 Å². The van der Waals surface area contributed by atoms with Gasteiger partial charge in [-0.3, -0.25) is 0 Å². The first-order chi connectivity index (χ1) is 10.8. The minimum Gasteiger partial charge on any atom is -0.462 e. The van der Waals surface area contributed by atoms with Crippen LogP contribution < -0.4 is 5.32 Å². The van der Waals surface area contributed by atoms with Crippen molar-refractivity contribution in [3.8, 4) is 0 Å². The SMILES string of the molecule is CCOC(=O)c1sc(NCC(C)(O)c2ccccc2Cl)nc1C. The highest BCUT2D eigenvalue weighted by Gasteiger charge is 2.26. The van der Waals surface area contributed by atoms with Gasteiger partial charge in [0.2, 0.25) is 0 Å². The first kappa shape index (κ1) is 17.7. The highest BCUT2D eigenvalue weighted by Crippen LogP contribution is 2.29. The van der Waals surface area contributed by atoms with E-state index in [1.165, 1.54) is 11.3 Å². The fourth-order valence-corrected chi connectivity index (χ4v) is 3.29. The Balaban J connectivity index is 2.10. The molecule has 0 saturated carbocycles. The minimum absolute atomic E-state index is 0.214. The number of aliphatic hydroxyl groups is 1. The van der Waals surface area contributed by atoms with Gasteiger partial charge < -0.3 is 15.2 Å². The van der Waals surface area contributed by atoms with Crippen molar-refractivity contribution >= 4 is 34.0 Å². The molecule has 5 nitrogen and oxygen atoms in total. The molecule has 0 aliphatic carbocycles. The number of rotatable bonds is 6. The van der Waals surface area contributed by atoms with Crippen molar-refractivity contribution in [3.05, 3.63) is 45.4 Å². The number of thiazole rings is 1. The topological polar surface area (TPSA) is 71.5 Å². The molecule has 0 saturated heterocycles. The number of esters is 1. The standard InChI is InChI=1S/C16H19ClN2O3S/c1-4-22-14(20)13-10(2)19-15(23-13)18-9-16(3,21)11-7-5-6-8-12(11)17/h5-8,21H,4,9H2,1-3H3,(H,18,19). The maximum Gasteiger partial charge on any atom is 0.350 e. The predicted molar refractivity (Wildman–Crippen MR) is 92.3 cm³/mol. The van der Waals surface area contributed by atoms with Crippen molar-refractivity contribution in [1.29, 1.82) is 0 Å². The van der Waals surface area contributed by atoms with Crippen LogP contribution in [0, 0.1) is 6.92 Å². The third kappa shape index (κ3) is 4.22. The highest BCUT2D eigenvalue weighted by molar-refractivity contribution is 7.17. The van der Waals surface area contributed by atoms with Gasteiger partial charge in [-0.05, 0) is 26.8 Å². The molecule has 0 spiro atoms. The van der Waals surface area contributed by atoms with Crippen LogP contribution in [0.2, 0.25) is 5.02 Å². The lowest BCUT2D eigenvalue weighted by Gasteiger charge is -2.25. The molecule has 2 rings (SSSR count). The van der Waals surface area contributed by atoms with Crippen molar-refractivity contribution in [2.75, 3.05) is 18.5 Å². The van der Waals surface area contributed by atoms with E-state index < -0.39 is 5.60 Å². The quantitative estimate of drug-likeness (QED) is 0.775. The van der Waals surface area contributed by atoms with Crippen LogP contribution in [0.3, 0.4) is 0 Å². The summed E-state index contributed by atoms with van der Waals surface area (Å²) in [5, 5.41) is 14.8. The Morgan fingerprint density at radius 1 is 1.48 bits per heavy atom. The summed E-state index contributed by atoms with van der Waals surface area (Å²) in [7, 11) is 0. The third-order valence-corrected chi connectivity index (χ3v) is 4.72. The summed E-state index contributed by atoms with van der Waals surface area (Å²) in [6.07, 6.45) is 0. The highest BCUT2D eigenvalue weighted by atomic mass is 35.5. The Labute approximate surface area is 144 Å². The molecule has 0 bridgehead atoms. The summed E-state index contributed by atoms with van der Waals surface area (Å²) < 4.78 is 4.99. The van der Waals surface area contributed by atoms with E-state index in [0.717, 1.165) is 0 Å². The van der Waals surface area contributed by atoms with Gasteiger partial charge in [0.15, 0.2) is 5.13 Å². The molecule has 7 heteroatoms. The molecule has 0 aliphatic rings. The predicted octanol–water partition coefficient (Wildman–Crippen LogP) is 3.60. The Bertz CT molecular complexity index is 700. The summed E-state index contributed by atoms with van der Waals surface area (Å²) in [5.41, 5.74) is 0.0727. The molecule has 1 heterocycles. The maximum atomic E-state index is 11.8. The number of ether oxygens (including phenoxy) is 1.